The zero-order valence-electron chi connectivity index (χ0n) is 8.55. The van der Waals surface area contributed by atoms with Crippen LogP contribution in [0.5, 0.6) is 0 Å². The topological polar surface area (TPSA) is 30.2 Å². The summed E-state index contributed by atoms with van der Waals surface area (Å²) in [6, 6.07) is 3.72. The normalized spacial score (nSPS) is 10.8. The Balaban J connectivity index is 2.90. The van der Waals surface area contributed by atoms with Gasteiger partial charge in [-0.2, -0.15) is 0 Å². The predicted octanol–water partition coefficient (Wildman–Crippen LogP) is 3.17. The molecule has 0 bridgehead atoms. The first-order chi connectivity index (χ1) is 6.63. The average molecular weight is 188 g/mol. The van der Waals surface area contributed by atoms with Crippen LogP contribution in [0.1, 0.15) is 27.2 Å². The SMILES string of the molecule is Cc1oc2c(C)cc(C=O)cc2c1C. The highest BCUT2D eigenvalue weighted by Gasteiger charge is 2.09. The number of hydrogen-bond acceptors (Lipinski definition) is 2. The molecule has 0 unspecified atom stereocenters. The number of aryl methyl sites for hydroxylation is 3. The zero-order valence-corrected chi connectivity index (χ0v) is 8.55. The first-order valence-electron chi connectivity index (χ1n) is 4.59. The highest BCUT2D eigenvalue weighted by molar-refractivity contribution is 5.90. The third kappa shape index (κ3) is 1.15. The van der Waals surface area contributed by atoms with Crippen LogP contribution in [0.2, 0.25) is 0 Å². The van der Waals surface area contributed by atoms with Crippen molar-refractivity contribution in [3.05, 3.63) is 34.6 Å². The molecule has 0 amide bonds. The molecule has 0 spiro atoms. The zero-order chi connectivity index (χ0) is 10.3. The van der Waals surface area contributed by atoms with E-state index < -0.39 is 0 Å². The average Bonchev–Trinajstić information content (AvgIpc) is 2.45. The number of fused-ring (bicyclic) bond motifs is 1. The van der Waals surface area contributed by atoms with Gasteiger partial charge in [-0.1, -0.05) is 0 Å². The molecule has 0 fully saturated rings. The molecule has 0 saturated heterocycles. The minimum Gasteiger partial charge on any atom is -0.461 e. The van der Waals surface area contributed by atoms with Gasteiger partial charge < -0.3 is 4.42 Å². The molecule has 0 radical (unpaired) electrons. The lowest BCUT2D eigenvalue weighted by Crippen LogP contribution is -1.82. The van der Waals surface area contributed by atoms with Gasteiger partial charge in [-0.3, -0.25) is 4.79 Å². The van der Waals surface area contributed by atoms with Gasteiger partial charge in [0.15, 0.2) is 0 Å². The van der Waals surface area contributed by atoms with E-state index in [1.54, 1.807) is 0 Å². The van der Waals surface area contributed by atoms with Gasteiger partial charge in [0, 0.05) is 10.9 Å². The molecule has 1 aromatic heterocycles. The fourth-order valence-electron chi connectivity index (χ4n) is 1.70. The van der Waals surface area contributed by atoms with Gasteiger partial charge >= 0.3 is 0 Å². The van der Waals surface area contributed by atoms with Crippen molar-refractivity contribution in [2.75, 3.05) is 0 Å². The lowest BCUT2D eigenvalue weighted by molar-refractivity contribution is 0.112. The Labute approximate surface area is 82.5 Å². The van der Waals surface area contributed by atoms with Gasteiger partial charge in [0.25, 0.3) is 0 Å². The molecule has 1 aromatic carbocycles. The fraction of sp³-hybridized carbons (Fsp3) is 0.250. The van der Waals surface area contributed by atoms with Gasteiger partial charge in [-0.25, -0.2) is 0 Å². The lowest BCUT2D eigenvalue weighted by atomic mass is 10.1. The summed E-state index contributed by atoms with van der Waals surface area (Å²) in [4.78, 5) is 10.7. The van der Waals surface area contributed by atoms with Crippen molar-refractivity contribution in [1.29, 1.82) is 0 Å². The second-order valence-electron chi connectivity index (χ2n) is 3.62. The summed E-state index contributed by atoms with van der Waals surface area (Å²) >= 11 is 0. The van der Waals surface area contributed by atoms with E-state index in [4.69, 9.17) is 4.42 Å². The van der Waals surface area contributed by atoms with Gasteiger partial charge in [0.05, 0.1) is 0 Å². The molecule has 72 valence electrons. The van der Waals surface area contributed by atoms with E-state index in [9.17, 15) is 4.79 Å². The van der Waals surface area contributed by atoms with Gasteiger partial charge in [0.1, 0.15) is 17.6 Å². The molecule has 0 aliphatic heterocycles. The van der Waals surface area contributed by atoms with Crippen molar-refractivity contribution < 1.29 is 9.21 Å². The fourth-order valence-corrected chi connectivity index (χ4v) is 1.70. The molecular weight excluding hydrogens is 176 g/mol. The monoisotopic (exact) mass is 188 g/mol. The molecule has 1 heterocycles. The quantitative estimate of drug-likeness (QED) is 0.643. The smallest absolute Gasteiger partial charge is 0.150 e. The molecule has 0 aliphatic carbocycles. The van der Waals surface area contributed by atoms with Crippen molar-refractivity contribution in [2.45, 2.75) is 20.8 Å². The minimum atomic E-state index is 0.707. The Bertz CT molecular complexity index is 507. The molecule has 2 rings (SSSR count). The summed E-state index contributed by atoms with van der Waals surface area (Å²) in [5.74, 6) is 0.922. The standard InChI is InChI=1S/C12H12O2/c1-7-4-10(6-13)5-11-8(2)9(3)14-12(7)11/h4-6H,1-3H3. The highest BCUT2D eigenvalue weighted by atomic mass is 16.3. The lowest BCUT2D eigenvalue weighted by Gasteiger charge is -1.96. The molecule has 14 heavy (non-hydrogen) atoms. The molecule has 0 N–H and O–H groups in total. The van der Waals surface area contributed by atoms with Crippen LogP contribution in [0, 0.1) is 20.8 Å². The number of aldehydes is 1. The summed E-state index contributed by atoms with van der Waals surface area (Å²) < 4.78 is 5.61. The number of hydrogen-bond donors (Lipinski definition) is 0. The maximum Gasteiger partial charge on any atom is 0.150 e. The van der Waals surface area contributed by atoms with Crippen LogP contribution < -0.4 is 0 Å². The Kier molecular flexibility index (Phi) is 1.92. The van der Waals surface area contributed by atoms with E-state index >= 15 is 0 Å². The number of carbonyl (C=O) groups excluding carboxylic acids is 1. The number of benzene rings is 1. The van der Waals surface area contributed by atoms with Crippen LogP contribution in [0.25, 0.3) is 11.0 Å². The van der Waals surface area contributed by atoms with Gasteiger partial charge in [-0.15, -0.1) is 0 Å². The summed E-state index contributed by atoms with van der Waals surface area (Å²) in [6.07, 6.45) is 0.869. The predicted molar refractivity (Wildman–Crippen MR) is 55.8 cm³/mol. The number of carbonyl (C=O) groups is 1. The maximum atomic E-state index is 10.7. The van der Waals surface area contributed by atoms with E-state index in [2.05, 4.69) is 0 Å². The second kappa shape index (κ2) is 2.98. The number of furan rings is 1. The van der Waals surface area contributed by atoms with Crippen LogP contribution in [0.3, 0.4) is 0 Å². The summed E-state index contributed by atoms with van der Waals surface area (Å²) in [5.41, 5.74) is 3.73. The Hall–Kier alpha value is -1.57. The van der Waals surface area contributed by atoms with Crippen molar-refractivity contribution in [3.8, 4) is 0 Å². The third-order valence-electron chi connectivity index (χ3n) is 2.62. The molecule has 0 saturated carbocycles. The van der Waals surface area contributed by atoms with Crippen LogP contribution >= 0.6 is 0 Å². The first kappa shape index (κ1) is 9.00. The van der Waals surface area contributed by atoms with Crippen molar-refractivity contribution in [2.24, 2.45) is 0 Å². The molecular formula is C12H12O2. The molecule has 2 nitrogen and oxygen atoms in total. The minimum absolute atomic E-state index is 0.707. The van der Waals surface area contributed by atoms with E-state index in [0.717, 1.165) is 34.1 Å². The van der Waals surface area contributed by atoms with Gasteiger partial charge in [0.2, 0.25) is 0 Å². The Morgan fingerprint density at radius 1 is 1.21 bits per heavy atom. The van der Waals surface area contributed by atoms with E-state index in [1.165, 1.54) is 0 Å². The van der Waals surface area contributed by atoms with E-state index in [1.807, 2.05) is 32.9 Å². The van der Waals surface area contributed by atoms with Crippen molar-refractivity contribution in [3.63, 3.8) is 0 Å². The van der Waals surface area contributed by atoms with Crippen molar-refractivity contribution >= 4 is 17.3 Å². The first-order valence-corrected chi connectivity index (χ1v) is 4.59. The second-order valence-corrected chi connectivity index (χ2v) is 3.62. The molecule has 0 aliphatic rings. The third-order valence-corrected chi connectivity index (χ3v) is 2.62. The molecule has 2 aromatic rings. The summed E-state index contributed by atoms with van der Waals surface area (Å²) in [7, 11) is 0. The van der Waals surface area contributed by atoms with Crippen LogP contribution in [0.15, 0.2) is 16.5 Å². The summed E-state index contributed by atoms with van der Waals surface area (Å²) in [5, 5.41) is 1.05. The summed E-state index contributed by atoms with van der Waals surface area (Å²) in [6.45, 7) is 5.91. The highest BCUT2D eigenvalue weighted by Crippen LogP contribution is 2.28. The molecule has 2 heteroatoms. The maximum absolute atomic E-state index is 10.7. The van der Waals surface area contributed by atoms with E-state index in [0.29, 0.717) is 5.56 Å². The Morgan fingerprint density at radius 3 is 2.57 bits per heavy atom. The largest absolute Gasteiger partial charge is 0.461 e. The van der Waals surface area contributed by atoms with Crippen molar-refractivity contribution in [1.82, 2.24) is 0 Å². The molecule has 0 atom stereocenters. The van der Waals surface area contributed by atoms with Gasteiger partial charge in [-0.05, 0) is 44.0 Å². The van der Waals surface area contributed by atoms with Crippen LogP contribution in [-0.2, 0) is 0 Å². The van der Waals surface area contributed by atoms with Crippen LogP contribution in [0.4, 0.5) is 0 Å². The number of rotatable bonds is 1. The van der Waals surface area contributed by atoms with Crippen LogP contribution in [-0.4, -0.2) is 6.29 Å². The Morgan fingerprint density at radius 2 is 1.93 bits per heavy atom. The van der Waals surface area contributed by atoms with E-state index in [-0.39, 0.29) is 0 Å².